The van der Waals surface area contributed by atoms with Gasteiger partial charge >= 0.3 is 18.0 Å². The zero-order chi connectivity index (χ0) is 82.0. The number of benzene rings is 2. The Labute approximate surface area is 650 Å². The van der Waals surface area contributed by atoms with E-state index in [-0.39, 0.29) is 107 Å². The number of carboxylic acids is 2. The molecule has 0 aliphatic carbocycles. The molecule has 0 bridgehead atoms. The molecule has 606 valence electrons. The molecule has 5 rings (SSSR count). The summed E-state index contributed by atoms with van der Waals surface area (Å²) in [7, 11) is 1.81. The number of nitrogens with zero attached hydrogens (tertiary/aromatic N) is 2. The number of guanidine groups is 1. The summed E-state index contributed by atoms with van der Waals surface area (Å²) >= 11 is 0. The molecule has 34 nitrogen and oxygen atoms in total. The standard InChI is InChI=1S/C75H104N14O20S2/c1-4-6-16-53(58(92)35-48(73(107)108)28-42-19-22-50(91)23-20-42)85-70(104)46(21-24-64(77)98)32-59(93)54(29-49-38-83-52-17-8-7-15-51(49)52)86-68(102)44(14-10-26-82-75(80)109)31-61(95)56-40-111-110-39-55(84-65(99)37-76)60(94)30-43(12-5-2)71(105)88-67(41(3)90)63(97)34-47(36-66(100)101)72(106)89-27-11-18-57(89)62(96)33-45(69(103)87-56)13-9-25-81-74(78)79/h2,7-8,15,17,19-20,22-23,38,41,43-48,53-57,67,83,90-91H,4,6,9-14,16,18,21,24-37,39-40,76H2,1,3H3,(H2,77,98)(H,84,99)(H,85,104)(H,86,102)(H,87,103)(H,88,105)(H,100,101)(H,107,108)(H4,78,79,81)(H3,80,82,109)/t41-,43-,44-,45-,46-,47+,48-,53+,54+,55+,56+,57+,67+/m1/s1. The number of aromatic hydroxyl groups is 1. The van der Waals surface area contributed by atoms with Crippen molar-refractivity contribution in [2.45, 2.75) is 191 Å². The summed E-state index contributed by atoms with van der Waals surface area (Å²) < 4.78 is 0. The first kappa shape index (κ1) is 91.4. The van der Waals surface area contributed by atoms with E-state index in [0.29, 0.717) is 34.9 Å². The molecular formula is C75H104N14O20S2. The number of aliphatic carboxylic acids is 2. The zero-order valence-electron chi connectivity index (χ0n) is 62.3. The van der Waals surface area contributed by atoms with Crippen LogP contribution >= 0.6 is 21.6 Å². The Balaban J connectivity index is 1.59. The highest BCUT2D eigenvalue weighted by Crippen LogP contribution is 2.31. The van der Waals surface area contributed by atoms with E-state index < -0.39 is 236 Å². The summed E-state index contributed by atoms with van der Waals surface area (Å²) in [4.78, 5) is 232. The summed E-state index contributed by atoms with van der Waals surface area (Å²) in [5.74, 6) is -21.0. The number of H-pyrrole nitrogens is 1. The van der Waals surface area contributed by atoms with Gasteiger partial charge in [0.25, 0.3) is 0 Å². The fourth-order valence-electron chi connectivity index (χ4n) is 13.3. The number of primary amides is 2. The molecule has 3 aromatic rings. The number of ketones is 6. The maximum absolute atomic E-state index is 15.4. The molecule has 36 heteroatoms. The number of phenolic OH excluding ortho intramolecular Hbond substituents is 1. The number of carbonyl (C=O) groups is 16. The second-order valence-corrected chi connectivity index (χ2v) is 30.6. The minimum Gasteiger partial charge on any atom is -0.508 e. The smallest absolute Gasteiger partial charge is 0.312 e. The lowest BCUT2D eigenvalue weighted by molar-refractivity contribution is -0.148. The van der Waals surface area contributed by atoms with Gasteiger partial charge in [-0.2, -0.15) is 0 Å². The lowest BCUT2D eigenvalue weighted by Gasteiger charge is -2.30. The van der Waals surface area contributed by atoms with Crippen molar-refractivity contribution in [3.63, 3.8) is 0 Å². The number of nitrogens with one attached hydrogen (secondary N) is 7. The molecule has 0 unspecified atom stereocenters. The van der Waals surface area contributed by atoms with Crippen LogP contribution in [0.15, 0.2) is 59.7 Å². The third-order valence-corrected chi connectivity index (χ3v) is 21.8. The van der Waals surface area contributed by atoms with Crippen molar-refractivity contribution in [3.05, 3.63) is 65.9 Å². The van der Waals surface area contributed by atoms with Gasteiger partial charge in [-0.25, -0.2) is 4.79 Å². The molecule has 111 heavy (non-hydrogen) atoms. The molecule has 2 saturated heterocycles. The van der Waals surface area contributed by atoms with E-state index in [1.165, 1.54) is 24.3 Å². The Morgan fingerprint density at radius 3 is 2.02 bits per heavy atom. The Bertz CT molecular complexity index is 3880. The predicted molar refractivity (Wildman–Crippen MR) is 411 cm³/mol. The van der Waals surface area contributed by atoms with E-state index in [9.17, 15) is 78.0 Å². The number of aliphatic hydroxyl groups excluding tert-OH is 1. The van der Waals surface area contributed by atoms with Gasteiger partial charge in [0.1, 0.15) is 11.8 Å². The van der Waals surface area contributed by atoms with Gasteiger partial charge in [0.05, 0.1) is 67.0 Å². The van der Waals surface area contributed by atoms with Crippen LogP contribution in [-0.4, -0.2) is 210 Å². The van der Waals surface area contributed by atoms with Gasteiger partial charge in [0, 0.05) is 124 Å². The van der Waals surface area contributed by atoms with Gasteiger partial charge in [-0.1, -0.05) is 71.7 Å². The fourth-order valence-corrected chi connectivity index (χ4v) is 15.7. The fraction of sp³-hybridized carbons (Fsp3) is 0.560. The SMILES string of the molecule is C#CC[C@@H]1CC(=O)[C@@H](NC(=O)CN)CSSC[C@@H](C(=O)C[C@@H](CCCNC(N)=O)C(=O)N[C@@H](Cc2c[nH]c3ccccc23)C(=O)C[C@@H](CCC(N)=O)C(=O)N[C@@H](CCCC)C(=O)C[C@@H](Cc2ccc(O)cc2)C(=O)O)NC(=O)[C@H](CCCN=C(N)N)CC(=O)[C@@H]2CCCN2C(=O)[C@H](CC(=O)O)CC(=O)[C@H]([C@@H](C)O)NC1=O. The monoisotopic (exact) mass is 1580 g/mol. The zero-order valence-corrected chi connectivity index (χ0v) is 63.9. The number of hydrogen-bond acceptors (Lipinski definition) is 22. The molecule has 21 N–H and O–H groups in total. The molecule has 0 spiro atoms. The Kier molecular flexibility index (Phi) is 38.2. The number of rotatable bonds is 38. The van der Waals surface area contributed by atoms with Crippen molar-refractivity contribution < 1.29 is 97.1 Å². The number of phenols is 1. The Morgan fingerprint density at radius 1 is 0.739 bits per heavy atom. The van der Waals surface area contributed by atoms with E-state index in [0.717, 1.165) is 33.4 Å². The average Bonchev–Trinajstić information content (AvgIpc) is 1.75. The number of urea groups is 1. The number of amides is 9. The Morgan fingerprint density at radius 2 is 1.38 bits per heavy atom. The van der Waals surface area contributed by atoms with E-state index in [1.54, 1.807) is 30.5 Å². The van der Waals surface area contributed by atoms with Crippen LogP contribution in [0, 0.1) is 47.9 Å². The van der Waals surface area contributed by atoms with Crippen molar-refractivity contribution in [2.75, 3.05) is 37.7 Å². The van der Waals surface area contributed by atoms with Crippen LogP contribution in [0.5, 0.6) is 5.75 Å². The van der Waals surface area contributed by atoms with Gasteiger partial charge < -0.3 is 90.9 Å². The molecule has 1 aromatic heterocycles. The topological polar surface area (TPSA) is 588 Å². The van der Waals surface area contributed by atoms with Crippen LogP contribution in [0.25, 0.3) is 10.9 Å². The van der Waals surface area contributed by atoms with Crippen molar-refractivity contribution in [3.8, 4) is 18.1 Å². The summed E-state index contributed by atoms with van der Waals surface area (Å²) in [6.07, 6.45) is 0.0202. The number of aliphatic imine (C=N–C) groups is 1. The van der Waals surface area contributed by atoms with E-state index in [2.05, 4.69) is 47.8 Å². The summed E-state index contributed by atoms with van der Waals surface area (Å²) in [6, 6.07) is 2.95. The number of terminal acetylenes is 1. The summed E-state index contributed by atoms with van der Waals surface area (Å²) in [6.45, 7) is 2.09. The maximum atomic E-state index is 15.4. The number of aliphatic hydroxyl groups is 1. The molecule has 2 aromatic carbocycles. The van der Waals surface area contributed by atoms with Crippen LogP contribution in [0.4, 0.5) is 4.79 Å². The molecular weight excluding hydrogens is 1480 g/mol. The van der Waals surface area contributed by atoms with Crippen molar-refractivity contribution >= 4 is 132 Å². The normalized spacial score (nSPS) is 20.7. The van der Waals surface area contributed by atoms with Gasteiger partial charge in [-0.3, -0.25) is 76.9 Å². The molecule has 3 heterocycles. The number of hydrogen-bond donors (Lipinski definition) is 16. The number of carbonyl (C=O) groups excluding carboxylic acids is 14. The summed E-state index contributed by atoms with van der Waals surface area (Å²) in [5.41, 5.74) is 29.6. The van der Waals surface area contributed by atoms with Crippen molar-refractivity contribution in [2.24, 2.45) is 69.2 Å². The van der Waals surface area contributed by atoms with Crippen molar-refractivity contribution in [1.29, 1.82) is 0 Å². The first-order valence-electron chi connectivity index (χ1n) is 36.9. The number of fused-ring (bicyclic) bond motifs is 2. The Hall–Kier alpha value is -10.2. The van der Waals surface area contributed by atoms with Crippen LogP contribution in [0.3, 0.4) is 0 Å². The minimum atomic E-state index is -1.77. The van der Waals surface area contributed by atoms with Gasteiger partial charge in [0.2, 0.25) is 41.4 Å². The van der Waals surface area contributed by atoms with Crippen LogP contribution in [-0.2, 0) is 84.8 Å². The molecule has 2 aliphatic heterocycles. The average molecular weight is 1590 g/mol. The minimum absolute atomic E-state index is 0.0305. The number of para-hydroxylation sites is 1. The highest BCUT2D eigenvalue weighted by molar-refractivity contribution is 8.76. The third kappa shape index (κ3) is 30.5. The number of nitrogens with two attached hydrogens (primary N) is 5. The lowest BCUT2D eigenvalue weighted by Crippen LogP contribution is -2.52. The summed E-state index contributed by atoms with van der Waals surface area (Å²) in [5, 5.41) is 57.3. The van der Waals surface area contributed by atoms with Crippen molar-refractivity contribution in [1.82, 2.24) is 41.8 Å². The first-order valence-corrected chi connectivity index (χ1v) is 39.4. The van der Waals surface area contributed by atoms with E-state index in [1.807, 2.05) is 6.92 Å². The maximum Gasteiger partial charge on any atom is 0.312 e. The predicted octanol–water partition coefficient (Wildman–Crippen LogP) is 0.801. The van der Waals surface area contributed by atoms with E-state index in [4.69, 9.17) is 35.1 Å². The highest BCUT2D eigenvalue weighted by Gasteiger charge is 2.43. The van der Waals surface area contributed by atoms with Crippen LogP contribution in [0.2, 0.25) is 0 Å². The largest absolute Gasteiger partial charge is 0.508 e. The number of aromatic amines is 1. The number of carboxylic acid groups (broad SMARTS) is 2. The first-order chi connectivity index (χ1) is 52.7. The molecule has 0 radical (unpaired) electrons. The number of Topliss-reactive ketones (excluding diaryl/α,β-unsaturated/α-hetero) is 6. The quantitative estimate of drug-likeness (QED) is 0.0124. The lowest BCUT2D eigenvalue weighted by atomic mass is 9.88. The van der Waals surface area contributed by atoms with Gasteiger partial charge in [0.15, 0.2) is 40.7 Å². The molecule has 13 atom stereocenters. The highest BCUT2D eigenvalue weighted by atomic mass is 33.1. The third-order valence-electron chi connectivity index (χ3n) is 19.4. The van der Waals surface area contributed by atoms with Crippen LogP contribution < -0.4 is 60.6 Å². The van der Waals surface area contributed by atoms with Crippen LogP contribution in [0.1, 0.15) is 147 Å². The van der Waals surface area contributed by atoms with Gasteiger partial charge in [-0.05, 0) is 94.0 Å². The molecule has 0 saturated carbocycles. The molecule has 2 aliphatic rings. The van der Waals surface area contributed by atoms with Gasteiger partial charge in [-0.15, -0.1) is 12.3 Å². The number of unbranched alkanes of at least 4 members (excludes halogenated alkanes) is 1. The second-order valence-electron chi connectivity index (χ2n) is 28.0. The number of aromatic nitrogens is 1. The molecule has 2 fully saturated rings. The van der Waals surface area contributed by atoms with E-state index >= 15 is 19.2 Å². The second kappa shape index (κ2) is 46.4. The molecule has 9 amide bonds.